The van der Waals surface area contributed by atoms with E-state index in [1.54, 1.807) is 54.3 Å². The van der Waals surface area contributed by atoms with Crippen molar-refractivity contribution in [1.29, 1.82) is 0 Å². The van der Waals surface area contributed by atoms with Crippen LogP contribution in [-0.4, -0.2) is 95.7 Å². The number of hydrogen-bond acceptors (Lipinski definition) is 8. The zero-order chi connectivity index (χ0) is 36.6. The molecule has 5 bridgehead atoms. The third-order valence-electron chi connectivity index (χ3n) is 11.2. The molecule has 2 aromatic carbocycles. The molecule has 11 nitrogen and oxygen atoms in total. The summed E-state index contributed by atoms with van der Waals surface area (Å²) in [5.41, 5.74) is -0.268. The summed E-state index contributed by atoms with van der Waals surface area (Å²) in [6.45, 7) is 5.49. The van der Waals surface area contributed by atoms with Crippen LogP contribution in [0.4, 0.5) is 5.69 Å². The van der Waals surface area contributed by atoms with Crippen molar-refractivity contribution in [3.05, 3.63) is 82.9 Å². The number of cyclic esters (lactones) is 1. The Bertz CT molecular complexity index is 1700. The zero-order valence-corrected chi connectivity index (χ0v) is 31.2. The predicted molar refractivity (Wildman–Crippen MR) is 194 cm³/mol. The summed E-state index contributed by atoms with van der Waals surface area (Å²) in [5, 5.41) is 10.8. The molecular weight excluding hydrogens is 718 g/mol. The van der Waals surface area contributed by atoms with Crippen LogP contribution in [0.3, 0.4) is 0 Å². The summed E-state index contributed by atoms with van der Waals surface area (Å²) >= 11 is 3.63. The highest BCUT2D eigenvalue weighted by atomic mass is 79.9. The second-order valence-electron chi connectivity index (χ2n) is 13.9. The minimum Gasteiger partial charge on any atom is -0.497 e. The number of carbonyl (C=O) groups excluding carboxylic acids is 4. The molecule has 6 rings (SSSR count). The molecule has 2 aromatic rings. The van der Waals surface area contributed by atoms with Crippen molar-refractivity contribution >= 4 is 45.3 Å². The van der Waals surface area contributed by atoms with Gasteiger partial charge in [-0.05, 0) is 55.2 Å². The Balaban J connectivity index is 1.52. The first-order chi connectivity index (χ1) is 24.5. The fraction of sp³-hybridized carbons (Fsp3) is 0.487. The van der Waals surface area contributed by atoms with Gasteiger partial charge in [-0.25, -0.2) is 0 Å². The third-order valence-corrected chi connectivity index (χ3v) is 11.8. The molecule has 12 heteroatoms. The highest BCUT2D eigenvalue weighted by molar-refractivity contribution is 9.11. The van der Waals surface area contributed by atoms with Gasteiger partial charge in [0.05, 0.1) is 31.7 Å². The number of aliphatic hydroxyl groups is 1. The number of esters is 1. The van der Waals surface area contributed by atoms with Gasteiger partial charge in [0.1, 0.15) is 35.5 Å². The molecule has 0 saturated carbocycles. The smallest absolute Gasteiger partial charge is 0.313 e. The molecule has 2 saturated heterocycles. The van der Waals surface area contributed by atoms with Crippen molar-refractivity contribution in [2.75, 3.05) is 32.2 Å². The van der Waals surface area contributed by atoms with E-state index in [4.69, 9.17) is 14.2 Å². The van der Waals surface area contributed by atoms with E-state index in [0.717, 1.165) is 0 Å². The van der Waals surface area contributed by atoms with Crippen molar-refractivity contribution in [3.63, 3.8) is 0 Å². The highest BCUT2D eigenvalue weighted by Gasteiger charge is 2.75. The molecule has 0 unspecified atom stereocenters. The SMILES string of the molecule is CC[C@H](C)[C@H](CO)N1C(=O)[C@@H]2[C@H]3C(=O)O[C@@H](c4ccccc4)[C@H](C)N(C)C(=O)CC/C=C\CN(c4ccc(OC)cc4)C(=O)[C@@H]1[C@]21C=C(Br)[C@H]3O1. The van der Waals surface area contributed by atoms with E-state index >= 15 is 4.79 Å². The van der Waals surface area contributed by atoms with Gasteiger partial charge in [0.25, 0.3) is 5.91 Å². The first-order valence-electron chi connectivity index (χ1n) is 17.6. The second-order valence-corrected chi connectivity index (χ2v) is 14.8. The first-order valence-corrected chi connectivity index (χ1v) is 18.4. The number of allylic oxidation sites excluding steroid dienone is 1. The number of aliphatic hydroxyl groups excluding tert-OH is 1. The van der Waals surface area contributed by atoms with Gasteiger partial charge in [0.15, 0.2) is 0 Å². The van der Waals surface area contributed by atoms with E-state index in [9.17, 15) is 19.5 Å². The molecule has 4 heterocycles. The van der Waals surface area contributed by atoms with Gasteiger partial charge in [-0.3, -0.25) is 19.2 Å². The first kappa shape index (κ1) is 36.8. The molecule has 9 atom stereocenters. The third kappa shape index (κ3) is 6.40. The van der Waals surface area contributed by atoms with Crippen LogP contribution in [0.25, 0.3) is 0 Å². The number of likely N-dealkylation sites (N-methyl/N-ethyl adjacent to an activating group) is 1. The number of anilines is 1. The van der Waals surface area contributed by atoms with Gasteiger partial charge in [-0.1, -0.05) is 78.7 Å². The number of halogens is 1. The fourth-order valence-corrected chi connectivity index (χ4v) is 8.75. The van der Waals surface area contributed by atoms with Gasteiger partial charge in [-0.15, -0.1) is 0 Å². The minimum atomic E-state index is -1.52. The van der Waals surface area contributed by atoms with E-state index in [1.165, 1.54) is 4.90 Å². The van der Waals surface area contributed by atoms with E-state index in [2.05, 4.69) is 15.9 Å². The number of fused-ring (bicyclic) bond motifs is 2. The number of methoxy groups -OCH3 is 1. The lowest BCUT2D eigenvalue weighted by atomic mass is 9.74. The number of amides is 3. The van der Waals surface area contributed by atoms with Gasteiger partial charge in [-0.2, -0.15) is 0 Å². The van der Waals surface area contributed by atoms with Crippen LogP contribution in [0, 0.1) is 17.8 Å². The van der Waals surface area contributed by atoms with E-state index in [-0.39, 0.29) is 31.4 Å². The molecule has 4 aliphatic rings. The van der Waals surface area contributed by atoms with E-state index < -0.39 is 65.6 Å². The van der Waals surface area contributed by atoms with Crippen molar-refractivity contribution in [2.24, 2.45) is 17.8 Å². The Morgan fingerprint density at radius 1 is 1.02 bits per heavy atom. The molecule has 0 radical (unpaired) electrons. The maximum Gasteiger partial charge on any atom is 0.313 e. The summed E-state index contributed by atoms with van der Waals surface area (Å²) in [7, 11) is 3.25. The Morgan fingerprint density at radius 2 is 1.73 bits per heavy atom. The topological polar surface area (TPSA) is 126 Å². The fourth-order valence-electron chi connectivity index (χ4n) is 8.01. The van der Waals surface area contributed by atoms with Gasteiger partial charge in [0, 0.05) is 30.2 Å². The Hall–Kier alpha value is -4.00. The lowest BCUT2D eigenvalue weighted by Gasteiger charge is -2.40. The van der Waals surface area contributed by atoms with Crippen LogP contribution in [0.2, 0.25) is 0 Å². The van der Waals surface area contributed by atoms with E-state index in [1.807, 2.05) is 63.3 Å². The summed E-state index contributed by atoms with van der Waals surface area (Å²) in [6, 6.07) is 13.8. The number of hydrogen-bond donors (Lipinski definition) is 1. The average Bonchev–Trinajstić information content (AvgIpc) is 3.74. The summed E-state index contributed by atoms with van der Waals surface area (Å²) in [6.07, 6.45) is 5.00. The maximum atomic E-state index is 15.2. The number of carbonyl (C=O) groups is 4. The average molecular weight is 765 g/mol. The van der Waals surface area contributed by atoms with Crippen LogP contribution in [0.5, 0.6) is 5.75 Å². The number of likely N-dealkylation sites (tertiary alicyclic amines) is 1. The Kier molecular flexibility index (Phi) is 10.8. The normalized spacial score (nSPS) is 31.7. The molecule has 272 valence electrons. The molecular formula is C39H46BrN3O8. The standard InChI is InChI=1S/C39H46BrN3O8/c1-6-23(2)29(22-44)43-35-37(47)42(26-16-18-27(49-5)19-17-26)20-12-8-11-15-30(45)41(4)24(3)33(25-13-9-7-10-14-25)50-38(48)31-32(36(43)46)39(35)21-28(40)34(31)51-39/h7-10,12-14,16-19,21,23-24,29,31-35,44H,6,11,15,20,22H2,1-5H3/b12-8-/t23-,24-,29-,31+,32-,33+,34+,35+,39-/m0/s1. The van der Waals surface area contributed by atoms with Gasteiger partial charge in [0.2, 0.25) is 11.8 Å². The predicted octanol–water partition coefficient (Wildman–Crippen LogP) is 4.79. The lowest BCUT2D eigenvalue weighted by Crippen LogP contribution is -2.59. The number of rotatable bonds is 7. The summed E-state index contributed by atoms with van der Waals surface area (Å²) in [5.74, 6) is -3.44. The molecule has 51 heavy (non-hydrogen) atoms. The Labute approximate surface area is 307 Å². The molecule has 1 spiro atoms. The maximum absolute atomic E-state index is 15.2. The number of nitrogens with zero attached hydrogens (tertiary/aromatic N) is 3. The van der Waals surface area contributed by atoms with Crippen molar-refractivity contribution in [1.82, 2.24) is 9.80 Å². The molecule has 3 amide bonds. The van der Waals surface area contributed by atoms with Crippen molar-refractivity contribution in [2.45, 2.75) is 76.0 Å². The minimum absolute atomic E-state index is 0.130. The highest BCUT2D eigenvalue weighted by Crippen LogP contribution is 2.59. The number of benzene rings is 2. The van der Waals surface area contributed by atoms with Crippen LogP contribution in [0.1, 0.15) is 51.7 Å². The van der Waals surface area contributed by atoms with Crippen molar-refractivity contribution < 1.29 is 38.5 Å². The monoisotopic (exact) mass is 763 g/mol. The summed E-state index contributed by atoms with van der Waals surface area (Å²) < 4.78 is 19.0. The molecule has 2 fully saturated rings. The molecule has 0 aromatic heterocycles. The zero-order valence-electron chi connectivity index (χ0n) is 29.6. The lowest BCUT2D eigenvalue weighted by molar-refractivity contribution is -0.164. The largest absolute Gasteiger partial charge is 0.497 e. The summed E-state index contributed by atoms with van der Waals surface area (Å²) in [4.78, 5) is 62.8. The van der Waals surface area contributed by atoms with Crippen LogP contribution in [0.15, 0.2) is 77.3 Å². The Morgan fingerprint density at radius 3 is 2.37 bits per heavy atom. The quantitative estimate of drug-likeness (QED) is 0.316. The van der Waals surface area contributed by atoms with Gasteiger partial charge >= 0.3 is 5.97 Å². The van der Waals surface area contributed by atoms with Gasteiger partial charge < -0.3 is 34.0 Å². The molecule has 0 aliphatic carbocycles. The van der Waals surface area contributed by atoms with Crippen molar-refractivity contribution in [3.8, 4) is 5.75 Å². The van der Waals surface area contributed by atoms with Crippen LogP contribution >= 0.6 is 15.9 Å². The molecule has 4 aliphatic heterocycles. The number of ether oxygens (including phenoxy) is 3. The molecule has 1 N–H and O–H groups in total. The van der Waals surface area contributed by atoms with Crippen LogP contribution in [-0.2, 0) is 28.7 Å². The van der Waals surface area contributed by atoms with Crippen LogP contribution < -0.4 is 9.64 Å². The second kappa shape index (κ2) is 14.9. The van der Waals surface area contributed by atoms with E-state index in [0.29, 0.717) is 34.3 Å².